The van der Waals surface area contributed by atoms with Crippen molar-refractivity contribution < 1.29 is 0 Å². The molecule has 0 atom stereocenters. The molecule has 0 aliphatic heterocycles. The van der Waals surface area contributed by atoms with Crippen LogP contribution in [-0.4, -0.2) is 0 Å². The minimum Gasteiger partial charge on any atom is -0.355 e. The van der Waals surface area contributed by atoms with Crippen molar-refractivity contribution >= 4 is 34.6 Å². The molecule has 2 aromatic rings. The van der Waals surface area contributed by atoms with Gasteiger partial charge in [0.2, 0.25) is 0 Å². The molecule has 2 rings (SSSR count). The molecule has 3 heteroatoms. The summed E-state index contributed by atoms with van der Waals surface area (Å²) in [6.45, 7) is 0. The molecule has 0 radical (unpaired) electrons. The SMILES string of the molecule is ClCc1cccc(Nc2cccc(Cl)c2)c1. The molecule has 0 unspecified atom stereocenters. The van der Waals surface area contributed by atoms with E-state index in [1.165, 1.54) is 0 Å². The molecule has 82 valence electrons. The third-order valence-electron chi connectivity index (χ3n) is 2.19. The molecular formula is C13H11Cl2N. The van der Waals surface area contributed by atoms with E-state index in [9.17, 15) is 0 Å². The summed E-state index contributed by atoms with van der Waals surface area (Å²) in [5.74, 6) is 0.519. The van der Waals surface area contributed by atoms with Crippen LogP contribution in [0, 0.1) is 0 Å². The first-order valence-electron chi connectivity index (χ1n) is 4.95. The predicted octanol–water partition coefficient (Wildman–Crippen LogP) is 4.82. The standard InChI is InChI=1S/C13H11Cl2N/c14-9-10-3-1-5-12(7-10)16-13-6-2-4-11(15)8-13/h1-8,16H,9H2. The van der Waals surface area contributed by atoms with E-state index in [0.29, 0.717) is 5.88 Å². The topological polar surface area (TPSA) is 12.0 Å². The maximum Gasteiger partial charge on any atom is 0.0474 e. The van der Waals surface area contributed by atoms with E-state index in [1.807, 2.05) is 48.5 Å². The van der Waals surface area contributed by atoms with Gasteiger partial charge in [-0.3, -0.25) is 0 Å². The zero-order valence-corrected chi connectivity index (χ0v) is 10.1. The lowest BCUT2D eigenvalue weighted by atomic mass is 10.2. The molecular weight excluding hydrogens is 241 g/mol. The van der Waals surface area contributed by atoms with Gasteiger partial charge in [-0.15, -0.1) is 11.6 Å². The average molecular weight is 252 g/mol. The largest absolute Gasteiger partial charge is 0.355 e. The summed E-state index contributed by atoms with van der Waals surface area (Å²) in [7, 11) is 0. The second-order valence-corrected chi connectivity index (χ2v) is 4.17. The number of alkyl halides is 1. The number of anilines is 2. The third-order valence-corrected chi connectivity index (χ3v) is 2.74. The van der Waals surface area contributed by atoms with Crippen LogP contribution in [0.2, 0.25) is 5.02 Å². The smallest absolute Gasteiger partial charge is 0.0474 e. The molecule has 0 amide bonds. The molecule has 1 nitrogen and oxygen atoms in total. The number of rotatable bonds is 3. The zero-order chi connectivity index (χ0) is 11.4. The minimum atomic E-state index is 0.519. The molecule has 16 heavy (non-hydrogen) atoms. The molecule has 0 aromatic heterocycles. The second kappa shape index (κ2) is 5.24. The fourth-order valence-electron chi connectivity index (χ4n) is 1.47. The van der Waals surface area contributed by atoms with Crippen molar-refractivity contribution in [1.82, 2.24) is 0 Å². The van der Waals surface area contributed by atoms with E-state index >= 15 is 0 Å². The summed E-state index contributed by atoms with van der Waals surface area (Å²) in [6, 6.07) is 15.6. The molecule has 2 aromatic carbocycles. The Bertz CT molecular complexity index is 483. The van der Waals surface area contributed by atoms with Gasteiger partial charge in [0.05, 0.1) is 0 Å². The Kier molecular flexibility index (Phi) is 3.70. The highest BCUT2D eigenvalue weighted by molar-refractivity contribution is 6.30. The molecule has 1 N–H and O–H groups in total. The van der Waals surface area contributed by atoms with Crippen molar-refractivity contribution in [3.63, 3.8) is 0 Å². The quantitative estimate of drug-likeness (QED) is 0.772. The van der Waals surface area contributed by atoms with Gasteiger partial charge >= 0.3 is 0 Å². The average Bonchev–Trinajstić information content (AvgIpc) is 2.29. The van der Waals surface area contributed by atoms with Gasteiger partial charge in [-0.25, -0.2) is 0 Å². The first-order valence-corrected chi connectivity index (χ1v) is 5.87. The molecule has 0 saturated heterocycles. The summed E-state index contributed by atoms with van der Waals surface area (Å²) in [6.07, 6.45) is 0. The van der Waals surface area contributed by atoms with Crippen LogP contribution < -0.4 is 5.32 Å². The summed E-state index contributed by atoms with van der Waals surface area (Å²) in [5, 5.41) is 4.00. The van der Waals surface area contributed by atoms with Crippen molar-refractivity contribution in [2.75, 3.05) is 5.32 Å². The summed E-state index contributed by atoms with van der Waals surface area (Å²) in [5.41, 5.74) is 3.08. The predicted molar refractivity (Wildman–Crippen MR) is 70.7 cm³/mol. The second-order valence-electron chi connectivity index (χ2n) is 3.47. The molecule has 0 heterocycles. The maximum absolute atomic E-state index is 5.91. The number of hydrogen-bond acceptors (Lipinski definition) is 1. The summed E-state index contributed by atoms with van der Waals surface area (Å²) in [4.78, 5) is 0. The highest BCUT2D eigenvalue weighted by Crippen LogP contribution is 2.21. The van der Waals surface area contributed by atoms with Gasteiger partial charge in [-0.1, -0.05) is 29.8 Å². The lowest BCUT2D eigenvalue weighted by Gasteiger charge is -2.07. The molecule has 0 spiro atoms. The van der Waals surface area contributed by atoms with Gasteiger partial charge < -0.3 is 5.32 Å². The number of halogens is 2. The van der Waals surface area contributed by atoms with Crippen molar-refractivity contribution in [2.45, 2.75) is 5.88 Å². The fraction of sp³-hybridized carbons (Fsp3) is 0.0769. The van der Waals surface area contributed by atoms with Crippen LogP contribution in [0.25, 0.3) is 0 Å². The normalized spacial score (nSPS) is 10.1. The Morgan fingerprint density at radius 1 is 0.938 bits per heavy atom. The lowest BCUT2D eigenvalue weighted by Crippen LogP contribution is -1.90. The van der Waals surface area contributed by atoms with Crippen LogP contribution in [0.5, 0.6) is 0 Å². The third kappa shape index (κ3) is 2.91. The van der Waals surface area contributed by atoms with Crippen molar-refractivity contribution in [1.29, 1.82) is 0 Å². The van der Waals surface area contributed by atoms with Crippen LogP contribution in [0.4, 0.5) is 11.4 Å². The lowest BCUT2D eigenvalue weighted by molar-refractivity contribution is 1.39. The molecule has 0 fully saturated rings. The molecule has 0 saturated carbocycles. The Balaban J connectivity index is 2.20. The Morgan fingerprint density at radius 3 is 2.31 bits per heavy atom. The van der Waals surface area contributed by atoms with E-state index in [0.717, 1.165) is 22.0 Å². The van der Waals surface area contributed by atoms with Gasteiger partial charge in [0, 0.05) is 22.3 Å². The summed E-state index contributed by atoms with van der Waals surface area (Å²) >= 11 is 11.7. The van der Waals surface area contributed by atoms with Gasteiger partial charge in [-0.05, 0) is 35.9 Å². The Labute approximate surface area is 105 Å². The van der Waals surface area contributed by atoms with Crippen molar-refractivity contribution in [3.05, 3.63) is 59.1 Å². The van der Waals surface area contributed by atoms with Crippen LogP contribution in [0.1, 0.15) is 5.56 Å². The number of nitrogens with one attached hydrogen (secondary N) is 1. The van der Waals surface area contributed by atoms with E-state index in [-0.39, 0.29) is 0 Å². The highest BCUT2D eigenvalue weighted by Gasteiger charge is 1.97. The van der Waals surface area contributed by atoms with E-state index < -0.39 is 0 Å². The summed E-state index contributed by atoms with van der Waals surface area (Å²) < 4.78 is 0. The van der Waals surface area contributed by atoms with Gasteiger partial charge in [0.1, 0.15) is 0 Å². The van der Waals surface area contributed by atoms with Crippen LogP contribution in [-0.2, 0) is 5.88 Å². The van der Waals surface area contributed by atoms with Gasteiger partial charge in [0.15, 0.2) is 0 Å². The monoisotopic (exact) mass is 251 g/mol. The van der Waals surface area contributed by atoms with Crippen molar-refractivity contribution in [3.8, 4) is 0 Å². The molecule has 0 aliphatic rings. The highest BCUT2D eigenvalue weighted by atomic mass is 35.5. The van der Waals surface area contributed by atoms with Gasteiger partial charge in [-0.2, -0.15) is 0 Å². The van der Waals surface area contributed by atoms with E-state index in [4.69, 9.17) is 23.2 Å². The Hall–Kier alpha value is -1.18. The molecule has 0 bridgehead atoms. The maximum atomic E-state index is 5.91. The first-order chi connectivity index (χ1) is 7.78. The van der Waals surface area contributed by atoms with Gasteiger partial charge in [0.25, 0.3) is 0 Å². The van der Waals surface area contributed by atoms with Crippen LogP contribution in [0.15, 0.2) is 48.5 Å². The first kappa shape index (κ1) is 11.3. The van der Waals surface area contributed by atoms with E-state index in [2.05, 4.69) is 5.32 Å². The Morgan fingerprint density at radius 2 is 1.62 bits per heavy atom. The zero-order valence-electron chi connectivity index (χ0n) is 8.58. The van der Waals surface area contributed by atoms with Crippen molar-refractivity contribution in [2.24, 2.45) is 0 Å². The van der Waals surface area contributed by atoms with Crippen LogP contribution in [0.3, 0.4) is 0 Å². The number of hydrogen-bond donors (Lipinski definition) is 1. The fourth-order valence-corrected chi connectivity index (χ4v) is 1.82. The minimum absolute atomic E-state index is 0.519. The van der Waals surface area contributed by atoms with E-state index in [1.54, 1.807) is 0 Å². The number of benzene rings is 2. The molecule has 0 aliphatic carbocycles. The van der Waals surface area contributed by atoms with Crippen LogP contribution >= 0.6 is 23.2 Å².